The van der Waals surface area contributed by atoms with Crippen molar-refractivity contribution in [3.63, 3.8) is 0 Å². The Morgan fingerprint density at radius 1 is 1.42 bits per heavy atom. The number of aromatic nitrogens is 4. The molecule has 2 aliphatic rings. The fraction of sp³-hybridized carbons (Fsp3) is 0.526. The van der Waals surface area contributed by atoms with Crippen LogP contribution in [-0.2, 0) is 23.8 Å². The van der Waals surface area contributed by atoms with Crippen molar-refractivity contribution in [1.29, 1.82) is 0 Å². The number of nitrogens with two attached hydrogens (primary N) is 1. The minimum absolute atomic E-state index is 0.0476. The Kier molecular flexibility index (Phi) is 5.14. The van der Waals surface area contributed by atoms with Gasteiger partial charge in [0.05, 0.1) is 6.33 Å². The van der Waals surface area contributed by atoms with E-state index in [0.29, 0.717) is 11.3 Å². The van der Waals surface area contributed by atoms with Crippen LogP contribution < -0.4 is 11.1 Å². The number of esters is 2. The molecule has 0 spiro atoms. The van der Waals surface area contributed by atoms with Crippen molar-refractivity contribution >= 4 is 34.9 Å². The zero-order chi connectivity index (χ0) is 22.3. The first-order valence-electron chi connectivity index (χ1n) is 9.62. The van der Waals surface area contributed by atoms with Crippen LogP contribution in [0.3, 0.4) is 0 Å². The molecule has 3 heterocycles. The van der Waals surface area contributed by atoms with Crippen molar-refractivity contribution in [2.75, 3.05) is 17.7 Å². The number of terminal acetylenes is 1. The molecule has 1 saturated heterocycles. The number of carbonyl (C=O) groups excluding carboxylic acids is 2. The number of anilines is 2. The summed E-state index contributed by atoms with van der Waals surface area (Å²) >= 11 is 0. The SMILES string of the molecule is C#CC1(F)C(OC(C)=O)[C@@H](COC(C)=O)O[C@H]1n1cnc2c(NC3CC3)nc(N)nc21. The molecular formula is C19H21FN6O5. The lowest BCUT2D eigenvalue weighted by atomic mass is 9.96. The quantitative estimate of drug-likeness (QED) is 0.495. The summed E-state index contributed by atoms with van der Waals surface area (Å²) in [5.74, 6) is 1.03. The van der Waals surface area contributed by atoms with E-state index >= 15 is 4.39 Å². The third-order valence-electron chi connectivity index (χ3n) is 4.99. The molecule has 2 unspecified atom stereocenters. The Hall–Kier alpha value is -3.46. The molecule has 2 fully saturated rings. The van der Waals surface area contributed by atoms with Gasteiger partial charge in [-0.3, -0.25) is 14.2 Å². The number of halogens is 1. The fourth-order valence-corrected chi connectivity index (χ4v) is 3.46. The number of rotatable bonds is 6. The molecular weight excluding hydrogens is 411 g/mol. The highest BCUT2D eigenvalue weighted by molar-refractivity contribution is 5.84. The molecule has 4 atom stereocenters. The second-order valence-electron chi connectivity index (χ2n) is 7.44. The molecule has 164 valence electrons. The number of nitrogens with zero attached hydrogens (tertiary/aromatic N) is 4. The maximum absolute atomic E-state index is 16.1. The van der Waals surface area contributed by atoms with Gasteiger partial charge < -0.3 is 25.3 Å². The largest absolute Gasteiger partial charge is 0.463 e. The normalized spacial score (nSPS) is 27.6. The van der Waals surface area contributed by atoms with Crippen LogP contribution in [0.4, 0.5) is 16.2 Å². The van der Waals surface area contributed by atoms with E-state index in [9.17, 15) is 9.59 Å². The lowest BCUT2D eigenvalue weighted by Gasteiger charge is -2.26. The summed E-state index contributed by atoms with van der Waals surface area (Å²) in [6.45, 7) is 1.94. The lowest BCUT2D eigenvalue weighted by Crippen LogP contribution is -2.45. The highest BCUT2D eigenvalue weighted by Gasteiger charge is 2.61. The first-order chi connectivity index (χ1) is 14.7. The van der Waals surface area contributed by atoms with E-state index in [-0.39, 0.29) is 24.2 Å². The summed E-state index contributed by atoms with van der Waals surface area (Å²) < 4.78 is 33.2. The molecule has 4 rings (SSSR count). The van der Waals surface area contributed by atoms with E-state index in [2.05, 4.69) is 20.3 Å². The second-order valence-corrected chi connectivity index (χ2v) is 7.44. The van der Waals surface area contributed by atoms with Crippen LogP contribution in [0.1, 0.15) is 32.9 Å². The number of carbonyl (C=O) groups is 2. The summed E-state index contributed by atoms with van der Waals surface area (Å²) in [4.78, 5) is 35.5. The van der Waals surface area contributed by atoms with E-state index in [4.69, 9.17) is 26.4 Å². The lowest BCUT2D eigenvalue weighted by molar-refractivity contribution is -0.157. The molecule has 1 saturated carbocycles. The zero-order valence-corrected chi connectivity index (χ0v) is 16.9. The minimum atomic E-state index is -2.60. The van der Waals surface area contributed by atoms with Gasteiger partial charge in [-0.2, -0.15) is 9.97 Å². The van der Waals surface area contributed by atoms with Gasteiger partial charge in [0.25, 0.3) is 5.67 Å². The minimum Gasteiger partial charge on any atom is -0.463 e. The van der Waals surface area contributed by atoms with Crippen LogP contribution in [0.5, 0.6) is 0 Å². The standard InChI is InChI=1S/C19H21FN6O5/c1-4-19(20)14(30-10(3)28)12(7-29-9(2)27)31-17(19)26-8-22-13-15(23-11-5-6-11)24-18(21)25-16(13)26/h1,8,11-12,14,17H,5-7H2,2-3H3,(H3,21,23,24,25)/t12-,14?,17-,19?/m1/s1. The number of hydrogen-bond donors (Lipinski definition) is 2. The number of alkyl halides is 1. The maximum atomic E-state index is 16.1. The van der Waals surface area contributed by atoms with Crippen molar-refractivity contribution in [1.82, 2.24) is 19.5 Å². The van der Waals surface area contributed by atoms with E-state index in [0.717, 1.165) is 19.8 Å². The van der Waals surface area contributed by atoms with Gasteiger partial charge in [-0.05, 0) is 12.8 Å². The van der Waals surface area contributed by atoms with Gasteiger partial charge in [-0.15, -0.1) is 6.42 Å². The molecule has 3 N–H and O–H groups in total. The second kappa shape index (κ2) is 7.66. The van der Waals surface area contributed by atoms with Gasteiger partial charge in [0.1, 0.15) is 12.7 Å². The Balaban J connectivity index is 1.76. The number of imidazole rings is 1. The number of ether oxygens (including phenoxy) is 3. The van der Waals surface area contributed by atoms with Gasteiger partial charge in [0.15, 0.2) is 29.3 Å². The third kappa shape index (κ3) is 3.84. The average molecular weight is 432 g/mol. The van der Waals surface area contributed by atoms with Crippen molar-refractivity contribution in [2.45, 2.75) is 56.8 Å². The molecule has 11 nitrogen and oxygen atoms in total. The van der Waals surface area contributed by atoms with Gasteiger partial charge in [-0.25, -0.2) is 9.37 Å². The van der Waals surface area contributed by atoms with Gasteiger partial charge >= 0.3 is 11.9 Å². The molecule has 0 bridgehead atoms. The molecule has 2 aromatic heterocycles. The maximum Gasteiger partial charge on any atom is 0.303 e. The number of fused-ring (bicyclic) bond motifs is 1. The van der Waals surface area contributed by atoms with Crippen molar-refractivity contribution in [2.24, 2.45) is 0 Å². The van der Waals surface area contributed by atoms with Gasteiger partial charge in [0.2, 0.25) is 5.95 Å². The predicted molar refractivity (Wildman–Crippen MR) is 105 cm³/mol. The summed E-state index contributed by atoms with van der Waals surface area (Å²) in [6.07, 6.45) is 4.64. The number of nitrogen functional groups attached to an aromatic ring is 1. The smallest absolute Gasteiger partial charge is 0.303 e. The Labute approximate surface area is 176 Å². The molecule has 0 amide bonds. The molecule has 1 aliphatic carbocycles. The first kappa shape index (κ1) is 20.8. The fourth-order valence-electron chi connectivity index (χ4n) is 3.46. The van der Waals surface area contributed by atoms with E-state index in [1.165, 1.54) is 17.8 Å². The third-order valence-corrected chi connectivity index (χ3v) is 4.99. The van der Waals surface area contributed by atoms with Crippen LogP contribution in [0, 0.1) is 12.3 Å². The number of nitrogens with one attached hydrogen (secondary N) is 1. The van der Waals surface area contributed by atoms with Crippen LogP contribution in [-0.4, -0.2) is 62.0 Å². The highest BCUT2D eigenvalue weighted by Crippen LogP contribution is 2.44. The Morgan fingerprint density at radius 3 is 2.77 bits per heavy atom. The van der Waals surface area contributed by atoms with Gasteiger partial charge in [0, 0.05) is 19.9 Å². The Bertz CT molecular complexity index is 1080. The topological polar surface area (TPSA) is 143 Å². The van der Waals surface area contributed by atoms with Crippen LogP contribution in [0.15, 0.2) is 6.33 Å². The zero-order valence-electron chi connectivity index (χ0n) is 16.9. The summed E-state index contributed by atoms with van der Waals surface area (Å²) in [5, 5.41) is 3.21. The molecule has 2 aromatic rings. The predicted octanol–water partition coefficient (Wildman–Crippen LogP) is 0.716. The monoisotopic (exact) mass is 432 g/mol. The molecule has 0 radical (unpaired) electrons. The van der Waals surface area contributed by atoms with E-state index in [1.54, 1.807) is 0 Å². The highest BCUT2D eigenvalue weighted by atomic mass is 19.1. The first-order valence-corrected chi connectivity index (χ1v) is 9.62. The van der Waals surface area contributed by atoms with Crippen LogP contribution >= 0.6 is 0 Å². The molecule has 0 aromatic carbocycles. The van der Waals surface area contributed by atoms with E-state index in [1.807, 2.05) is 5.92 Å². The van der Waals surface area contributed by atoms with Crippen LogP contribution in [0.2, 0.25) is 0 Å². The molecule has 12 heteroatoms. The Morgan fingerprint density at radius 2 is 2.16 bits per heavy atom. The molecule has 31 heavy (non-hydrogen) atoms. The van der Waals surface area contributed by atoms with Crippen molar-refractivity contribution < 1.29 is 28.2 Å². The summed E-state index contributed by atoms with van der Waals surface area (Å²) in [5.41, 5.74) is 3.79. The van der Waals surface area contributed by atoms with Crippen molar-refractivity contribution in [3.05, 3.63) is 6.33 Å². The molecule has 1 aliphatic heterocycles. The van der Waals surface area contributed by atoms with E-state index < -0.39 is 36.0 Å². The van der Waals surface area contributed by atoms with Crippen molar-refractivity contribution in [3.8, 4) is 12.3 Å². The number of hydrogen-bond acceptors (Lipinski definition) is 10. The van der Waals surface area contributed by atoms with Gasteiger partial charge in [-0.1, -0.05) is 5.92 Å². The van der Waals surface area contributed by atoms with Crippen LogP contribution in [0.25, 0.3) is 11.2 Å². The summed E-state index contributed by atoms with van der Waals surface area (Å²) in [6, 6.07) is 0.262. The average Bonchev–Trinajstić information content (AvgIpc) is 3.36. The summed E-state index contributed by atoms with van der Waals surface area (Å²) in [7, 11) is 0.